The van der Waals surface area contributed by atoms with E-state index in [2.05, 4.69) is 5.32 Å². The van der Waals surface area contributed by atoms with Crippen molar-refractivity contribution in [3.8, 4) is 0 Å². The number of aryl methyl sites for hydroxylation is 1. The van der Waals surface area contributed by atoms with E-state index in [4.69, 9.17) is 11.6 Å². The number of carbonyl (C=O) groups is 1. The van der Waals surface area contributed by atoms with E-state index < -0.39 is 0 Å². The topological polar surface area (TPSA) is 32.3 Å². The van der Waals surface area contributed by atoms with E-state index in [0.29, 0.717) is 28.3 Å². The minimum absolute atomic E-state index is 0.156. The maximum absolute atomic E-state index is 14.0. The number of halogens is 3. The van der Waals surface area contributed by atoms with Crippen molar-refractivity contribution in [2.45, 2.75) is 38.9 Å². The average molecular weight is 379 g/mol. The average Bonchev–Trinajstić information content (AvgIpc) is 3.43. The standard InChI is InChI=1S/C20H21ClF2N2O/c1-13-5-6-14(9-19(13)23)10-24-20(26)12-25(15-7-8-15)11-16-17(21)3-2-4-18(16)22/h2-6,9,15H,7-8,10-12H2,1H3,(H,24,26). The Bertz CT molecular complexity index is 788. The van der Waals surface area contributed by atoms with Crippen LogP contribution in [0.2, 0.25) is 5.02 Å². The summed E-state index contributed by atoms with van der Waals surface area (Å²) in [5.41, 5.74) is 1.69. The van der Waals surface area contributed by atoms with Crippen LogP contribution in [0, 0.1) is 18.6 Å². The molecule has 0 radical (unpaired) electrons. The first-order valence-electron chi connectivity index (χ1n) is 8.62. The summed E-state index contributed by atoms with van der Waals surface area (Å²) in [5, 5.41) is 3.17. The number of nitrogens with one attached hydrogen (secondary N) is 1. The van der Waals surface area contributed by atoms with Gasteiger partial charge in [-0.1, -0.05) is 29.8 Å². The fourth-order valence-corrected chi connectivity index (χ4v) is 3.05. The summed E-state index contributed by atoms with van der Waals surface area (Å²) < 4.78 is 27.6. The van der Waals surface area contributed by atoms with E-state index in [9.17, 15) is 13.6 Å². The monoisotopic (exact) mass is 378 g/mol. The Kier molecular flexibility index (Phi) is 5.89. The van der Waals surface area contributed by atoms with Crippen LogP contribution in [-0.4, -0.2) is 23.4 Å². The SMILES string of the molecule is Cc1ccc(CNC(=O)CN(Cc2c(F)cccc2Cl)C2CC2)cc1F. The Labute approximate surface area is 157 Å². The van der Waals surface area contributed by atoms with Gasteiger partial charge in [-0.15, -0.1) is 0 Å². The molecule has 0 heterocycles. The molecule has 0 bridgehead atoms. The zero-order valence-corrected chi connectivity index (χ0v) is 15.3. The molecule has 0 spiro atoms. The lowest BCUT2D eigenvalue weighted by atomic mass is 10.1. The van der Waals surface area contributed by atoms with Gasteiger partial charge in [0.2, 0.25) is 5.91 Å². The van der Waals surface area contributed by atoms with Gasteiger partial charge >= 0.3 is 0 Å². The zero-order chi connectivity index (χ0) is 18.7. The molecule has 0 atom stereocenters. The molecule has 1 aliphatic carbocycles. The molecule has 138 valence electrons. The van der Waals surface area contributed by atoms with Crippen LogP contribution in [0.5, 0.6) is 0 Å². The minimum atomic E-state index is -0.362. The molecule has 2 aromatic carbocycles. The molecule has 1 N–H and O–H groups in total. The molecule has 0 aromatic heterocycles. The molecular weight excluding hydrogens is 358 g/mol. The quantitative estimate of drug-likeness (QED) is 0.782. The Morgan fingerprint density at radius 3 is 2.65 bits per heavy atom. The molecule has 6 heteroatoms. The lowest BCUT2D eigenvalue weighted by Gasteiger charge is -2.22. The van der Waals surface area contributed by atoms with E-state index in [1.54, 1.807) is 31.2 Å². The second-order valence-corrected chi connectivity index (χ2v) is 7.10. The van der Waals surface area contributed by atoms with Crippen molar-refractivity contribution in [2.75, 3.05) is 6.54 Å². The van der Waals surface area contributed by atoms with Gasteiger partial charge in [-0.25, -0.2) is 8.78 Å². The Morgan fingerprint density at radius 1 is 1.23 bits per heavy atom. The largest absolute Gasteiger partial charge is 0.351 e. The number of hydrogen-bond acceptors (Lipinski definition) is 2. The van der Waals surface area contributed by atoms with Gasteiger partial charge in [0.1, 0.15) is 11.6 Å². The third-order valence-electron chi connectivity index (χ3n) is 4.56. The van der Waals surface area contributed by atoms with Crippen LogP contribution in [0.3, 0.4) is 0 Å². The minimum Gasteiger partial charge on any atom is -0.351 e. The van der Waals surface area contributed by atoms with Crippen molar-refractivity contribution in [3.63, 3.8) is 0 Å². The van der Waals surface area contributed by atoms with Crippen molar-refractivity contribution < 1.29 is 13.6 Å². The molecule has 0 saturated heterocycles. The maximum atomic E-state index is 14.0. The highest BCUT2D eigenvalue weighted by molar-refractivity contribution is 6.31. The Morgan fingerprint density at radius 2 is 2.00 bits per heavy atom. The van der Waals surface area contributed by atoms with Crippen molar-refractivity contribution in [2.24, 2.45) is 0 Å². The molecule has 0 unspecified atom stereocenters. The number of benzene rings is 2. The van der Waals surface area contributed by atoms with E-state index in [1.165, 1.54) is 12.1 Å². The zero-order valence-electron chi connectivity index (χ0n) is 14.6. The van der Waals surface area contributed by atoms with Crippen LogP contribution in [0.4, 0.5) is 8.78 Å². The number of amides is 1. The first kappa shape index (κ1) is 18.8. The summed E-state index contributed by atoms with van der Waals surface area (Å²) in [7, 11) is 0. The van der Waals surface area contributed by atoms with Crippen LogP contribution < -0.4 is 5.32 Å². The summed E-state index contributed by atoms with van der Waals surface area (Å²) in [6, 6.07) is 9.76. The first-order valence-corrected chi connectivity index (χ1v) is 9.00. The molecule has 26 heavy (non-hydrogen) atoms. The van der Waals surface area contributed by atoms with Gasteiger partial charge in [0.15, 0.2) is 0 Å². The van der Waals surface area contributed by atoms with Crippen molar-refractivity contribution >= 4 is 17.5 Å². The van der Waals surface area contributed by atoms with E-state index in [0.717, 1.165) is 12.8 Å². The lowest BCUT2D eigenvalue weighted by Crippen LogP contribution is -2.38. The number of carbonyl (C=O) groups excluding carboxylic acids is 1. The van der Waals surface area contributed by atoms with Gasteiger partial charge in [0, 0.05) is 29.7 Å². The van der Waals surface area contributed by atoms with Gasteiger partial charge in [0.05, 0.1) is 6.54 Å². The molecule has 0 aliphatic heterocycles. The number of nitrogens with zero attached hydrogens (tertiary/aromatic N) is 1. The second-order valence-electron chi connectivity index (χ2n) is 6.70. The normalized spacial score (nSPS) is 13.9. The lowest BCUT2D eigenvalue weighted by molar-refractivity contribution is -0.122. The van der Waals surface area contributed by atoms with Crippen LogP contribution in [-0.2, 0) is 17.9 Å². The van der Waals surface area contributed by atoms with Crippen molar-refractivity contribution in [1.29, 1.82) is 0 Å². The summed E-state index contributed by atoms with van der Waals surface area (Å²) in [6.07, 6.45) is 1.98. The highest BCUT2D eigenvalue weighted by atomic mass is 35.5. The van der Waals surface area contributed by atoms with Gasteiger partial charge in [0.25, 0.3) is 0 Å². The predicted octanol–water partition coefficient (Wildman–Crippen LogP) is 4.21. The number of hydrogen-bond donors (Lipinski definition) is 1. The highest BCUT2D eigenvalue weighted by Crippen LogP contribution is 2.30. The summed E-state index contributed by atoms with van der Waals surface area (Å²) >= 11 is 6.10. The van der Waals surface area contributed by atoms with Crippen LogP contribution in [0.25, 0.3) is 0 Å². The van der Waals surface area contributed by atoms with Crippen molar-refractivity contribution in [1.82, 2.24) is 10.2 Å². The fraction of sp³-hybridized carbons (Fsp3) is 0.350. The van der Waals surface area contributed by atoms with Crippen LogP contribution >= 0.6 is 11.6 Å². The highest BCUT2D eigenvalue weighted by Gasteiger charge is 2.31. The van der Waals surface area contributed by atoms with Crippen LogP contribution in [0.1, 0.15) is 29.5 Å². The Hall–Kier alpha value is -1.98. The van der Waals surface area contributed by atoms with Gasteiger partial charge in [-0.3, -0.25) is 9.69 Å². The predicted molar refractivity (Wildman–Crippen MR) is 97.8 cm³/mol. The fourth-order valence-electron chi connectivity index (χ4n) is 2.83. The molecule has 1 aliphatic rings. The van der Waals surface area contributed by atoms with Crippen LogP contribution in [0.15, 0.2) is 36.4 Å². The summed E-state index contributed by atoms with van der Waals surface area (Å²) in [4.78, 5) is 14.2. The maximum Gasteiger partial charge on any atom is 0.234 e. The molecule has 3 nitrogen and oxygen atoms in total. The molecule has 1 amide bonds. The molecular formula is C20H21ClF2N2O. The van der Waals surface area contributed by atoms with E-state index in [1.807, 2.05) is 4.90 Å². The molecule has 1 fully saturated rings. The summed E-state index contributed by atoms with van der Waals surface area (Å²) in [5.74, 6) is -0.824. The van der Waals surface area contributed by atoms with Gasteiger partial charge in [-0.05, 0) is 49.1 Å². The summed E-state index contributed by atoms with van der Waals surface area (Å²) in [6.45, 7) is 2.40. The van der Waals surface area contributed by atoms with Crippen molar-refractivity contribution in [3.05, 3.63) is 69.7 Å². The first-order chi connectivity index (χ1) is 12.4. The van der Waals surface area contributed by atoms with Gasteiger partial charge in [-0.2, -0.15) is 0 Å². The number of rotatable bonds is 7. The van der Waals surface area contributed by atoms with E-state index >= 15 is 0 Å². The Balaban J connectivity index is 1.59. The third kappa shape index (κ3) is 4.80. The third-order valence-corrected chi connectivity index (χ3v) is 4.91. The molecule has 3 rings (SSSR count). The van der Waals surface area contributed by atoms with E-state index in [-0.39, 0.29) is 36.7 Å². The molecule has 2 aromatic rings. The van der Waals surface area contributed by atoms with Gasteiger partial charge < -0.3 is 5.32 Å². The smallest absolute Gasteiger partial charge is 0.234 e. The molecule has 1 saturated carbocycles. The second kappa shape index (κ2) is 8.14.